The van der Waals surface area contributed by atoms with Crippen molar-refractivity contribution >= 4 is 50.1 Å². The first-order chi connectivity index (χ1) is 9.25. The van der Waals surface area contributed by atoms with Crippen molar-refractivity contribution in [2.75, 3.05) is 6.61 Å². The van der Waals surface area contributed by atoms with Gasteiger partial charge >= 0.3 is 12.1 Å². The smallest absolute Gasteiger partial charge is 0.420 e. The molecule has 2 heterocycles. The van der Waals surface area contributed by atoms with Crippen LogP contribution in [0.2, 0.25) is 0 Å². The van der Waals surface area contributed by atoms with E-state index in [2.05, 4.69) is 20.9 Å². The molecule has 20 heavy (non-hydrogen) atoms. The van der Waals surface area contributed by atoms with E-state index in [-0.39, 0.29) is 22.6 Å². The summed E-state index contributed by atoms with van der Waals surface area (Å²) in [6.07, 6.45) is -3.11. The van der Waals surface area contributed by atoms with Gasteiger partial charge in [-0.1, -0.05) is 0 Å². The lowest BCUT2D eigenvalue weighted by atomic mass is 10.2. The maximum absolute atomic E-state index is 13.0. The molecule has 2 aromatic heterocycles. The largest absolute Gasteiger partial charge is 0.461 e. The number of nitrogens with zero attached hydrogens (tertiary/aromatic N) is 2. The Hall–Kier alpha value is -0.840. The molecule has 9 heteroatoms. The van der Waals surface area contributed by atoms with E-state index >= 15 is 0 Å². The van der Waals surface area contributed by atoms with Gasteiger partial charge < -0.3 is 4.74 Å². The highest BCUT2D eigenvalue weighted by Crippen LogP contribution is 2.35. The maximum Gasteiger partial charge on any atom is 0.420 e. The van der Waals surface area contributed by atoms with Gasteiger partial charge in [0.25, 0.3) is 0 Å². The Morgan fingerprint density at radius 1 is 1.55 bits per heavy atom. The average Bonchev–Trinajstić information content (AvgIpc) is 2.65. The average molecular weight is 463 g/mol. The van der Waals surface area contributed by atoms with Crippen molar-refractivity contribution < 1.29 is 22.7 Å². The predicted molar refractivity (Wildman–Crippen MR) is 76.6 cm³/mol. The highest BCUT2D eigenvalue weighted by molar-refractivity contribution is 14.1. The van der Waals surface area contributed by atoms with Gasteiger partial charge in [0.2, 0.25) is 0 Å². The molecule has 0 atom stereocenters. The molecular weight excluding hydrogens is 456 g/mol. The van der Waals surface area contributed by atoms with E-state index in [0.717, 1.165) is 6.07 Å². The maximum atomic E-state index is 13.0. The lowest BCUT2D eigenvalue weighted by Crippen LogP contribution is -2.08. The SMILES string of the molecule is CCOC(=O)c1nc2c(C(F)(F)F)cc(I)cn2c1Br. The summed E-state index contributed by atoms with van der Waals surface area (Å²) < 4.78 is 45.4. The molecule has 0 fully saturated rings. The zero-order chi connectivity index (χ0) is 15.1. The van der Waals surface area contributed by atoms with Crippen LogP contribution in [0.25, 0.3) is 5.65 Å². The van der Waals surface area contributed by atoms with E-state index < -0.39 is 17.7 Å². The molecule has 0 saturated carbocycles. The van der Waals surface area contributed by atoms with Gasteiger partial charge in [0, 0.05) is 9.77 Å². The van der Waals surface area contributed by atoms with Crippen LogP contribution in [0.4, 0.5) is 13.2 Å². The Morgan fingerprint density at radius 3 is 2.75 bits per heavy atom. The van der Waals surface area contributed by atoms with Crippen LogP contribution in [-0.2, 0) is 10.9 Å². The molecule has 0 spiro atoms. The van der Waals surface area contributed by atoms with Gasteiger partial charge in [0.05, 0.1) is 12.2 Å². The van der Waals surface area contributed by atoms with E-state index in [0.29, 0.717) is 3.57 Å². The summed E-state index contributed by atoms with van der Waals surface area (Å²) >= 11 is 4.85. The van der Waals surface area contributed by atoms with Crippen molar-refractivity contribution in [3.8, 4) is 0 Å². The first-order valence-corrected chi connectivity index (χ1v) is 7.24. The molecule has 0 aliphatic carbocycles. The van der Waals surface area contributed by atoms with Gasteiger partial charge in [-0.15, -0.1) is 0 Å². The number of pyridine rings is 1. The highest BCUT2D eigenvalue weighted by Gasteiger charge is 2.35. The minimum atomic E-state index is -4.56. The molecule has 0 N–H and O–H groups in total. The minimum absolute atomic E-state index is 0.114. The summed E-state index contributed by atoms with van der Waals surface area (Å²) in [4.78, 5) is 15.4. The third-order valence-corrected chi connectivity index (χ3v) is 3.75. The summed E-state index contributed by atoms with van der Waals surface area (Å²) in [7, 11) is 0. The standard InChI is InChI=1S/C11H7BrF3IN2O2/c1-2-20-10(19)7-8(12)18-4-5(16)3-6(9(18)17-7)11(13,14)15/h3-4H,2H2,1H3. The zero-order valence-electron chi connectivity index (χ0n) is 9.96. The van der Waals surface area contributed by atoms with Crippen LogP contribution in [0.15, 0.2) is 16.9 Å². The van der Waals surface area contributed by atoms with Crippen molar-refractivity contribution in [3.63, 3.8) is 0 Å². The molecule has 0 aliphatic rings. The second kappa shape index (κ2) is 5.51. The predicted octanol–water partition coefficient (Wildman–Crippen LogP) is 3.90. The number of rotatable bonds is 2. The number of carbonyl (C=O) groups excluding carboxylic acids is 1. The summed E-state index contributed by atoms with van der Waals surface area (Å²) in [6, 6.07) is 0.976. The topological polar surface area (TPSA) is 43.6 Å². The van der Waals surface area contributed by atoms with Crippen LogP contribution in [0.3, 0.4) is 0 Å². The van der Waals surface area contributed by atoms with Gasteiger partial charge in [0.15, 0.2) is 11.3 Å². The number of hydrogen-bond acceptors (Lipinski definition) is 3. The number of ether oxygens (including phenoxy) is 1. The van der Waals surface area contributed by atoms with Crippen LogP contribution >= 0.6 is 38.5 Å². The number of fused-ring (bicyclic) bond motifs is 1. The van der Waals surface area contributed by atoms with Crippen molar-refractivity contribution in [3.05, 3.63) is 31.7 Å². The normalized spacial score (nSPS) is 11.9. The van der Waals surface area contributed by atoms with Crippen molar-refractivity contribution in [1.82, 2.24) is 9.38 Å². The lowest BCUT2D eigenvalue weighted by molar-refractivity contribution is -0.136. The van der Waals surface area contributed by atoms with E-state index in [1.54, 1.807) is 29.5 Å². The first-order valence-electron chi connectivity index (χ1n) is 5.37. The fraction of sp³-hybridized carbons (Fsp3) is 0.273. The second-order valence-corrected chi connectivity index (χ2v) is 5.73. The molecule has 0 aliphatic heterocycles. The minimum Gasteiger partial charge on any atom is -0.461 e. The fourth-order valence-electron chi connectivity index (χ4n) is 1.62. The molecule has 2 aromatic rings. The van der Waals surface area contributed by atoms with Gasteiger partial charge in [-0.2, -0.15) is 13.2 Å². The molecule has 0 amide bonds. The van der Waals surface area contributed by atoms with E-state index in [1.165, 1.54) is 10.6 Å². The van der Waals surface area contributed by atoms with Crippen LogP contribution in [0, 0.1) is 3.57 Å². The van der Waals surface area contributed by atoms with E-state index in [1.807, 2.05) is 0 Å². The van der Waals surface area contributed by atoms with Crippen molar-refractivity contribution in [2.24, 2.45) is 0 Å². The molecule has 108 valence electrons. The van der Waals surface area contributed by atoms with Gasteiger partial charge in [-0.25, -0.2) is 9.78 Å². The van der Waals surface area contributed by atoms with E-state index in [4.69, 9.17) is 4.74 Å². The Balaban J connectivity index is 2.73. The quantitative estimate of drug-likeness (QED) is 0.502. The van der Waals surface area contributed by atoms with Crippen molar-refractivity contribution in [1.29, 1.82) is 0 Å². The monoisotopic (exact) mass is 462 g/mol. The third kappa shape index (κ3) is 2.78. The van der Waals surface area contributed by atoms with Crippen LogP contribution in [0.5, 0.6) is 0 Å². The summed E-state index contributed by atoms with van der Waals surface area (Å²) in [6.45, 7) is 1.72. The molecule has 0 unspecified atom stereocenters. The third-order valence-electron chi connectivity index (χ3n) is 2.40. The Kier molecular flexibility index (Phi) is 4.28. The number of halogens is 5. The number of hydrogen-bond donors (Lipinski definition) is 0. The molecule has 0 aromatic carbocycles. The zero-order valence-corrected chi connectivity index (χ0v) is 13.7. The fourth-order valence-corrected chi connectivity index (χ4v) is 2.73. The Bertz CT molecular complexity index is 684. The summed E-state index contributed by atoms with van der Waals surface area (Å²) in [5, 5.41) is 0. The number of carbonyl (C=O) groups is 1. The van der Waals surface area contributed by atoms with Crippen LogP contribution in [0.1, 0.15) is 23.0 Å². The number of alkyl halides is 3. The second-order valence-electron chi connectivity index (χ2n) is 3.74. The molecular formula is C11H7BrF3IN2O2. The summed E-state index contributed by atoms with van der Waals surface area (Å²) in [5.74, 6) is -0.772. The molecule has 0 saturated heterocycles. The Labute approximate surface area is 133 Å². The van der Waals surface area contributed by atoms with Crippen LogP contribution in [-0.4, -0.2) is 22.0 Å². The molecule has 2 rings (SSSR count). The number of esters is 1. The molecule has 0 radical (unpaired) electrons. The highest BCUT2D eigenvalue weighted by atomic mass is 127. The van der Waals surface area contributed by atoms with Gasteiger partial charge in [0.1, 0.15) is 4.60 Å². The summed E-state index contributed by atoms with van der Waals surface area (Å²) in [5.41, 5.74) is -1.42. The number of imidazole rings is 1. The first kappa shape index (κ1) is 15.5. The Morgan fingerprint density at radius 2 is 2.20 bits per heavy atom. The van der Waals surface area contributed by atoms with Crippen LogP contribution < -0.4 is 0 Å². The van der Waals surface area contributed by atoms with Crippen molar-refractivity contribution in [2.45, 2.75) is 13.1 Å². The lowest BCUT2D eigenvalue weighted by Gasteiger charge is -2.08. The van der Waals surface area contributed by atoms with Gasteiger partial charge in [-0.05, 0) is 51.5 Å². The number of aromatic nitrogens is 2. The van der Waals surface area contributed by atoms with Gasteiger partial charge in [-0.3, -0.25) is 4.40 Å². The molecule has 0 bridgehead atoms. The van der Waals surface area contributed by atoms with E-state index in [9.17, 15) is 18.0 Å². The molecule has 4 nitrogen and oxygen atoms in total.